The number of fused-ring (bicyclic) bond motifs is 1. The Morgan fingerprint density at radius 2 is 1.54 bits per heavy atom. The number of benzene rings is 2. The number of rotatable bonds is 2. The van der Waals surface area contributed by atoms with E-state index >= 15 is 0 Å². The van der Waals surface area contributed by atoms with Crippen LogP contribution in [0.4, 0.5) is 5.69 Å². The van der Waals surface area contributed by atoms with Crippen LogP contribution < -0.4 is 4.90 Å². The number of amides is 1. The Bertz CT molecular complexity index is 707. The fourth-order valence-corrected chi connectivity index (χ4v) is 4.01. The third kappa shape index (κ3) is 2.91. The highest BCUT2D eigenvalue weighted by atomic mass is 16.2. The van der Waals surface area contributed by atoms with Gasteiger partial charge in [-0.3, -0.25) is 4.79 Å². The molecule has 3 nitrogen and oxygen atoms in total. The predicted octanol–water partition coefficient (Wildman–Crippen LogP) is 4.44. The molecule has 1 amide bonds. The molecule has 24 heavy (non-hydrogen) atoms. The first kappa shape index (κ1) is 15.3. The lowest BCUT2D eigenvalue weighted by Crippen LogP contribution is -2.46. The first-order chi connectivity index (χ1) is 11.8. The molecule has 1 heterocycles. The molecule has 2 aromatic carbocycles. The summed E-state index contributed by atoms with van der Waals surface area (Å²) in [6.07, 6.45) is 6.05. The first-order valence-corrected chi connectivity index (χ1v) is 9.02. The van der Waals surface area contributed by atoms with E-state index in [1.54, 1.807) is 0 Å². The van der Waals surface area contributed by atoms with Crippen molar-refractivity contribution in [1.29, 1.82) is 0 Å². The molecule has 1 saturated carbocycles. The molecule has 2 aliphatic rings. The molecule has 0 aromatic heterocycles. The summed E-state index contributed by atoms with van der Waals surface area (Å²) in [5.74, 6) is 0.205. The zero-order valence-electron chi connectivity index (χ0n) is 14.0. The van der Waals surface area contributed by atoms with Crippen LogP contribution in [-0.2, 0) is 6.54 Å². The smallest absolute Gasteiger partial charge is 0.255 e. The number of hydrogen-bond donors (Lipinski definition) is 0. The molecule has 0 atom stereocenters. The van der Waals surface area contributed by atoms with Gasteiger partial charge in [-0.2, -0.15) is 0 Å². The lowest BCUT2D eigenvalue weighted by Gasteiger charge is -2.37. The quantitative estimate of drug-likeness (QED) is 0.817. The van der Waals surface area contributed by atoms with Crippen molar-refractivity contribution in [2.45, 2.75) is 44.7 Å². The summed E-state index contributed by atoms with van der Waals surface area (Å²) in [7, 11) is 0. The van der Waals surface area contributed by atoms with Gasteiger partial charge in [0.1, 0.15) is 0 Å². The van der Waals surface area contributed by atoms with Gasteiger partial charge in [-0.15, -0.1) is 0 Å². The minimum Gasteiger partial charge on any atom is -0.349 e. The van der Waals surface area contributed by atoms with Crippen LogP contribution >= 0.6 is 0 Å². The average molecular weight is 320 g/mol. The SMILES string of the molecule is O=C1c2ccccc2CN(c2ccccc2)CN1C1CCCCC1. The molecule has 0 spiro atoms. The van der Waals surface area contributed by atoms with Crippen molar-refractivity contribution in [3.63, 3.8) is 0 Å². The largest absolute Gasteiger partial charge is 0.349 e. The standard InChI is InChI=1S/C21H24N2O/c24-21-20-14-8-7-9-17(20)15-22(18-10-3-1-4-11-18)16-23(21)19-12-5-2-6-13-19/h1,3-4,7-11,14,19H,2,5-6,12-13,15-16H2. The molecule has 124 valence electrons. The van der Waals surface area contributed by atoms with Crippen LogP contribution in [0.2, 0.25) is 0 Å². The summed E-state index contributed by atoms with van der Waals surface area (Å²) in [5.41, 5.74) is 3.19. The molecule has 4 rings (SSSR count). The lowest BCUT2D eigenvalue weighted by molar-refractivity contribution is 0.0642. The number of anilines is 1. The second-order valence-corrected chi connectivity index (χ2v) is 6.90. The molecule has 1 aliphatic carbocycles. The van der Waals surface area contributed by atoms with Crippen molar-refractivity contribution >= 4 is 11.6 Å². The van der Waals surface area contributed by atoms with Crippen molar-refractivity contribution in [3.8, 4) is 0 Å². The van der Waals surface area contributed by atoms with Crippen molar-refractivity contribution < 1.29 is 4.79 Å². The van der Waals surface area contributed by atoms with E-state index in [9.17, 15) is 4.79 Å². The highest BCUT2D eigenvalue weighted by Crippen LogP contribution is 2.29. The zero-order valence-corrected chi connectivity index (χ0v) is 14.0. The molecular weight excluding hydrogens is 296 g/mol. The van der Waals surface area contributed by atoms with E-state index in [0.29, 0.717) is 12.7 Å². The van der Waals surface area contributed by atoms with Gasteiger partial charge in [0.25, 0.3) is 5.91 Å². The third-order valence-corrected chi connectivity index (χ3v) is 5.33. The Balaban J connectivity index is 1.72. The number of carbonyl (C=O) groups excluding carboxylic acids is 1. The normalized spacial score (nSPS) is 19.1. The predicted molar refractivity (Wildman–Crippen MR) is 97.0 cm³/mol. The van der Waals surface area contributed by atoms with Crippen LogP contribution in [0.3, 0.4) is 0 Å². The zero-order chi connectivity index (χ0) is 16.4. The lowest BCUT2D eigenvalue weighted by atomic mass is 9.94. The monoisotopic (exact) mass is 320 g/mol. The molecule has 3 heteroatoms. The van der Waals surface area contributed by atoms with E-state index in [1.165, 1.54) is 24.9 Å². The number of carbonyl (C=O) groups is 1. The molecule has 0 bridgehead atoms. The van der Waals surface area contributed by atoms with Crippen molar-refractivity contribution in [3.05, 3.63) is 65.7 Å². The van der Waals surface area contributed by atoms with E-state index < -0.39 is 0 Å². The average Bonchev–Trinajstić information content (AvgIpc) is 2.80. The van der Waals surface area contributed by atoms with Gasteiger partial charge in [0.15, 0.2) is 0 Å². The van der Waals surface area contributed by atoms with Gasteiger partial charge in [-0.25, -0.2) is 0 Å². The topological polar surface area (TPSA) is 23.6 Å². The second kappa shape index (κ2) is 6.68. The van der Waals surface area contributed by atoms with E-state index in [0.717, 1.165) is 30.5 Å². The fourth-order valence-electron chi connectivity index (χ4n) is 4.01. The molecule has 1 fully saturated rings. The van der Waals surface area contributed by atoms with E-state index in [4.69, 9.17) is 0 Å². The maximum absolute atomic E-state index is 13.2. The molecule has 0 radical (unpaired) electrons. The van der Waals surface area contributed by atoms with Gasteiger partial charge in [0.2, 0.25) is 0 Å². The highest BCUT2D eigenvalue weighted by molar-refractivity contribution is 5.96. The summed E-state index contributed by atoms with van der Waals surface area (Å²) in [6.45, 7) is 1.47. The maximum Gasteiger partial charge on any atom is 0.255 e. The Kier molecular flexibility index (Phi) is 4.24. The Labute approximate surface area is 143 Å². The summed E-state index contributed by atoms with van der Waals surface area (Å²) in [4.78, 5) is 17.7. The second-order valence-electron chi connectivity index (χ2n) is 6.90. The van der Waals surface area contributed by atoms with Crippen LogP contribution in [0.25, 0.3) is 0 Å². The minimum atomic E-state index is 0.205. The molecule has 2 aromatic rings. The van der Waals surface area contributed by atoms with Crippen molar-refractivity contribution in [1.82, 2.24) is 4.90 Å². The Hall–Kier alpha value is -2.29. The van der Waals surface area contributed by atoms with Gasteiger partial charge in [-0.1, -0.05) is 55.7 Å². The Morgan fingerprint density at radius 1 is 0.833 bits per heavy atom. The molecule has 0 unspecified atom stereocenters. The van der Waals surface area contributed by atoms with Crippen LogP contribution in [-0.4, -0.2) is 23.5 Å². The molecular formula is C21H24N2O. The van der Waals surface area contributed by atoms with E-state index in [2.05, 4.69) is 40.1 Å². The Morgan fingerprint density at radius 3 is 2.33 bits per heavy atom. The fraction of sp³-hybridized carbons (Fsp3) is 0.381. The van der Waals surface area contributed by atoms with Crippen LogP contribution in [0.1, 0.15) is 48.0 Å². The van der Waals surface area contributed by atoms with Crippen LogP contribution in [0.5, 0.6) is 0 Å². The summed E-state index contributed by atoms with van der Waals surface area (Å²) >= 11 is 0. The van der Waals surface area contributed by atoms with Gasteiger partial charge in [0.05, 0.1) is 6.67 Å². The van der Waals surface area contributed by atoms with Crippen LogP contribution in [0.15, 0.2) is 54.6 Å². The molecule has 1 aliphatic heterocycles. The highest BCUT2D eigenvalue weighted by Gasteiger charge is 2.31. The van der Waals surface area contributed by atoms with Gasteiger partial charge in [-0.05, 0) is 36.6 Å². The van der Waals surface area contributed by atoms with E-state index in [-0.39, 0.29) is 5.91 Å². The first-order valence-electron chi connectivity index (χ1n) is 9.02. The number of hydrogen-bond acceptors (Lipinski definition) is 2. The third-order valence-electron chi connectivity index (χ3n) is 5.33. The van der Waals surface area contributed by atoms with Gasteiger partial charge in [0, 0.05) is 23.8 Å². The number of para-hydroxylation sites is 1. The van der Waals surface area contributed by atoms with Gasteiger partial charge < -0.3 is 9.80 Å². The van der Waals surface area contributed by atoms with E-state index in [1.807, 2.05) is 24.3 Å². The van der Waals surface area contributed by atoms with Crippen LogP contribution in [0, 0.1) is 0 Å². The summed E-state index contributed by atoms with van der Waals surface area (Å²) in [5, 5.41) is 0. The van der Waals surface area contributed by atoms with Crippen molar-refractivity contribution in [2.75, 3.05) is 11.6 Å². The summed E-state index contributed by atoms with van der Waals surface area (Å²) < 4.78 is 0. The molecule has 0 N–H and O–H groups in total. The number of nitrogens with zero attached hydrogens (tertiary/aromatic N) is 2. The molecule has 0 saturated heterocycles. The maximum atomic E-state index is 13.2. The van der Waals surface area contributed by atoms with Gasteiger partial charge >= 0.3 is 0 Å². The minimum absolute atomic E-state index is 0.205. The van der Waals surface area contributed by atoms with Crippen molar-refractivity contribution in [2.24, 2.45) is 0 Å². The summed E-state index contributed by atoms with van der Waals surface area (Å²) in [6, 6.07) is 18.9.